The summed E-state index contributed by atoms with van der Waals surface area (Å²) >= 11 is 0. The van der Waals surface area contributed by atoms with E-state index in [-0.39, 0.29) is 23.5 Å². The molecule has 1 heterocycles. The summed E-state index contributed by atoms with van der Waals surface area (Å²) in [4.78, 5) is 27.8. The number of hydrogen-bond acceptors (Lipinski definition) is 6. The van der Waals surface area contributed by atoms with Crippen LogP contribution in [-0.4, -0.2) is 54.2 Å². The molecule has 0 bridgehead atoms. The van der Waals surface area contributed by atoms with Gasteiger partial charge in [0.25, 0.3) is 11.7 Å². The van der Waals surface area contributed by atoms with Crippen LogP contribution in [0.1, 0.15) is 56.8 Å². The van der Waals surface area contributed by atoms with E-state index in [1.807, 2.05) is 58.9 Å². The smallest absolute Gasteiger partial charge is 0.295 e. The summed E-state index contributed by atoms with van der Waals surface area (Å²) in [6, 6.07) is 11.8. The molecule has 7 nitrogen and oxygen atoms in total. The van der Waals surface area contributed by atoms with Crippen molar-refractivity contribution < 1.29 is 28.9 Å². The SMILES string of the molecule is COCCCN1C(=O)C(=O)/C(=C(/O)c2ccc(OC(C)C)c(C)c2)C1c1cccc(OC(C)C)c1. The van der Waals surface area contributed by atoms with Crippen LogP contribution in [0.25, 0.3) is 5.76 Å². The molecule has 188 valence electrons. The highest BCUT2D eigenvalue weighted by Crippen LogP contribution is 2.40. The fraction of sp³-hybridized carbons (Fsp3) is 0.429. The first kappa shape index (κ1) is 26.3. The lowest BCUT2D eigenvalue weighted by molar-refractivity contribution is -0.140. The minimum Gasteiger partial charge on any atom is -0.507 e. The van der Waals surface area contributed by atoms with Crippen LogP contribution in [0.4, 0.5) is 0 Å². The molecular weight excluding hydrogens is 446 g/mol. The number of Topliss-reactive ketones (excluding diaryl/α,β-unsaturated/α-hetero) is 1. The first-order chi connectivity index (χ1) is 16.6. The highest BCUT2D eigenvalue weighted by Gasteiger charge is 2.46. The monoisotopic (exact) mass is 481 g/mol. The summed E-state index contributed by atoms with van der Waals surface area (Å²) in [5, 5.41) is 11.3. The number of ether oxygens (including phenoxy) is 3. The number of ketones is 1. The number of carbonyl (C=O) groups excluding carboxylic acids is 2. The van der Waals surface area contributed by atoms with Gasteiger partial charge in [0.15, 0.2) is 0 Å². The molecule has 3 rings (SSSR count). The Bertz CT molecular complexity index is 1100. The Labute approximate surface area is 207 Å². The van der Waals surface area contributed by atoms with Crippen molar-refractivity contribution in [1.82, 2.24) is 4.90 Å². The van der Waals surface area contributed by atoms with Crippen molar-refractivity contribution in [2.24, 2.45) is 0 Å². The van der Waals surface area contributed by atoms with E-state index < -0.39 is 17.7 Å². The van der Waals surface area contributed by atoms with Crippen LogP contribution in [0, 0.1) is 6.92 Å². The minimum absolute atomic E-state index is 0.00547. The van der Waals surface area contributed by atoms with Gasteiger partial charge in [-0.3, -0.25) is 9.59 Å². The van der Waals surface area contributed by atoms with Crippen molar-refractivity contribution in [3.8, 4) is 11.5 Å². The molecule has 35 heavy (non-hydrogen) atoms. The average Bonchev–Trinajstić information content (AvgIpc) is 3.04. The van der Waals surface area contributed by atoms with Gasteiger partial charge in [-0.25, -0.2) is 0 Å². The van der Waals surface area contributed by atoms with Crippen molar-refractivity contribution in [3.63, 3.8) is 0 Å². The summed E-state index contributed by atoms with van der Waals surface area (Å²) in [5.74, 6) is -0.228. The zero-order chi connectivity index (χ0) is 25.7. The van der Waals surface area contributed by atoms with E-state index >= 15 is 0 Å². The number of nitrogens with zero attached hydrogens (tertiary/aromatic N) is 1. The number of aryl methyl sites for hydroxylation is 1. The molecule has 1 saturated heterocycles. The van der Waals surface area contributed by atoms with Crippen LogP contribution in [0.15, 0.2) is 48.0 Å². The molecule has 1 aliphatic rings. The molecule has 0 spiro atoms. The van der Waals surface area contributed by atoms with E-state index in [9.17, 15) is 14.7 Å². The number of hydrogen-bond donors (Lipinski definition) is 1. The van der Waals surface area contributed by atoms with Gasteiger partial charge in [-0.2, -0.15) is 0 Å². The number of carbonyl (C=O) groups is 2. The van der Waals surface area contributed by atoms with Gasteiger partial charge in [-0.15, -0.1) is 0 Å². The number of likely N-dealkylation sites (tertiary alicyclic amines) is 1. The first-order valence-corrected chi connectivity index (χ1v) is 12.0. The van der Waals surface area contributed by atoms with Crippen molar-refractivity contribution >= 4 is 17.4 Å². The minimum atomic E-state index is -0.741. The van der Waals surface area contributed by atoms with Crippen LogP contribution < -0.4 is 9.47 Å². The van der Waals surface area contributed by atoms with Gasteiger partial charge in [0.05, 0.1) is 23.8 Å². The van der Waals surface area contributed by atoms with Crippen molar-refractivity contribution in [2.45, 2.75) is 59.3 Å². The lowest BCUT2D eigenvalue weighted by Gasteiger charge is -2.26. The van der Waals surface area contributed by atoms with Crippen LogP contribution in [0.5, 0.6) is 11.5 Å². The normalized spacial score (nSPS) is 17.5. The van der Waals surface area contributed by atoms with Crippen molar-refractivity contribution in [1.29, 1.82) is 0 Å². The number of amides is 1. The Morgan fingerprint density at radius 2 is 1.74 bits per heavy atom. The summed E-state index contributed by atoms with van der Waals surface area (Å²) in [6.07, 6.45) is 0.529. The molecular formula is C28H35NO6. The third kappa shape index (κ3) is 6.03. The molecule has 1 amide bonds. The van der Waals surface area contributed by atoms with E-state index in [0.29, 0.717) is 42.2 Å². The van der Waals surface area contributed by atoms with Crippen LogP contribution in [0.3, 0.4) is 0 Å². The topological polar surface area (TPSA) is 85.3 Å². The number of rotatable bonds is 10. The fourth-order valence-electron chi connectivity index (χ4n) is 4.20. The molecule has 0 radical (unpaired) electrons. The lowest BCUT2D eigenvalue weighted by Crippen LogP contribution is -2.31. The van der Waals surface area contributed by atoms with Gasteiger partial charge in [0.2, 0.25) is 0 Å². The van der Waals surface area contributed by atoms with E-state index in [2.05, 4.69) is 0 Å². The maximum Gasteiger partial charge on any atom is 0.295 e. The standard InChI is InChI=1S/C28H35NO6/c1-17(2)34-22-10-7-9-20(16-22)25-24(27(31)28(32)29(25)13-8-14-33-6)26(30)21-11-12-23(19(5)15-21)35-18(3)4/h7,9-12,15-18,25,30H,8,13-14H2,1-6H3/b26-24+. The van der Waals surface area contributed by atoms with E-state index in [0.717, 1.165) is 5.56 Å². The molecule has 1 aliphatic heterocycles. The Balaban J connectivity index is 2.11. The van der Waals surface area contributed by atoms with E-state index in [1.54, 1.807) is 25.3 Å². The number of aliphatic hydroxyl groups is 1. The molecule has 1 fully saturated rings. The van der Waals surface area contributed by atoms with Crippen molar-refractivity contribution in [3.05, 3.63) is 64.7 Å². The molecule has 0 aromatic heterocycles. The first-order valence-electron chi connectivity index (χ1n) is 12.0. The second kappa shape index (κ2) is 11.4. The molecule has 0 aliphatic carbocycles. The highest BCUT2D eigenvalue weighted by molar-refractivity contribution is 6.46. The fourth-order valence-corrected chi connectivity index (χ4v) is 4.20. The van der Waals surface area contributed by atoms with Gasteiger partial charge < -0.3 is 24.2 Å². The zero-order valence-corrected chi connectivity index (χ0v) is 21.3. The van der Waals surface area contributed by atoms with Crippen LogP contribution in [-0.2, 0) is 14.3 Å². The summed E-state index contributed by atoms with van der Waals surface area (Å²) in [7, 11) is 1.59. The summed E-state index contributed by atoms with van der Waals surface area (Å²) in [6.45, 7) is 10.4. The molecule has 1 atom stereocenters. The molecule has 2 aromatic rings. The lowest BCUT2D eigenvalue weighted by atomic mass is 9.94. The van der Waals surface area contributed by atoms with Gasteiger partial charge in [-0.1, -0.05) is 12.1 Å². The van der Waals surface area contributed by atoms with Gasteiger partial charge in [0.1, 0.15) is 17.3 Å². The maximum absolute atomic E-state index is 13.2. The summed E-state index contributed by atoms with van der Waals surface area (Å²) < 4.78 is 16.8. The molecule has 1 unspecified atom stereocenters. The molecule has 0 saturated carbocycles. The third-order valence-electron chi connectivity index (χ3n) is 5.64. The Morgan fingerprint density at radius 3 is 2.37 bits per heavy atom. The molecule has 7 heteroatoms. The van der Waals surface area contributed by atoms with Gasteiger partial charge in [-0.05, 0) is 82.5 Å². The van der Waals surface area contributed by atoms with E-state index in [1.165, 1.54) is 4.90 Å². The van der Waals surface area contributed by atoms with Crippen molar-refractivity contribution in [2.75, 3.05) is 20.3 Å². The van der Waals surface area contributed by atoms with E-state index in [4.69, 9.17) is 14.2 Å². The van der Waals surface area contributed by atoms with Gasteiger partial charge >= 0.3 is 0 Å². The third-order valence-corrected chi connectivity index (χ3v) is 5.64. The number of methoxy groups -OCH3 is 1. The Morgan fingerprint density at radius 1 is 1.03 bits per heavy atom. The second-order valence-corrected chi connectivity index (χ2v) is 9.22. The summed E-state index contributed by atoms with van der Waals surface area (Å²) in [5.41, 5.74) is 2.03. The number of aliphatic hydroxyl groups excluding tert-OH is 1. The highest BCUT2D eigenvalue weighted by atomic mass is 16.5. The average molecular weight is 482 g/mol. The maximum atomic E-state index is 13.2. The number of benzene rings is 2. The predicted molar refractivity (Wildman–Crippen MR) is 135 cm³/mol. The second-order valence-electron chi connectivity index (χ2n) is 9.22. The Kier molecular flexibility index (Phi) is 8.57. The largest absolute Gasteiger partial charge is 0.507 e. The molecule has 2 aromatic carbocycles. The van der Waals surface area contributed by atoms with Gasteiger partial charge in [0, 0.05) is 25.8 Å². The van der Waals surface area contributed by atoms with Crippen LogP contribution in [0.2, 0.25) is 0 Å². The van der Waals surface area contributed by atoms with Crippen LogP contribution >= 0.6 is 0 Å². The quantitative estimate of drug-likeness (QED) is 0.222. The zero-order valence-electron chi connectivity index (χ0n) is 21.3. The predicted octanol–water partition coefficient (Wildman–Crippen LogP) is 5.03. The Hall–Kier alpha value is -3.32. The molecule has 1 N–H and O–H groups in total.